The average molecular weight is 523 g/mol. The third-order valence-corrected chi connectivity index (χ3v) is 12.7. The Morgan fingerprint density at radius 2 is 1.79 bits per heavy atom. The lowest BCUT2D eigenvalue weighted by Crippen LogP contribution is -2.62. The number of hydrogen-bond donors (Lipinski definition) is 0. The first-order valence-electron chi connectivity index (χ1n) is 14.6. The van der Waals surface area contributed by atoms with Gasteiger partial charge in [-0.3, -0.25) is 14.4 Å². The minimum Gasteiger partial charge on any atom is -0.469 e. The second-order valence-corrected chi connectivity index (χ2v) is 14.1. The van der Waals surface area contributed by atoms with Crippen LogP contribution in [0.4, 0.5) is 0 Å². The summed E-state index contributed by atoms with van der Waals surface area (Å²) in [6.45, 7) is 15.6. The highest BCUT2D eigenvalue weighted by atomic mass is 16.5. The molecule has 9 atom stereocenters. The Morgan fingerprint density at radius 3 is 2.42 bits per heavy atom. The molecule has 0 aliphatic heterocycles. The van der Waals surface area contributed by atoms with Crippen molar-refractivity contribution in [2.45, 2.75) is 87.0 Å². The van der Waals surface area contributed by atoms with Gasteiger partial charge in [0.15, 0.2) is 0 Å². The van der Waals surface area contributed by atoms with E-state index in [0.29, 0.717) is 11.8 Å². The molecule has 5 heteroatoms. The minimum atomic E-state index is -0.483. The zero-order valence-electron chi connectivity index (χ0n) is 24.6. The summed E-state index contributed by atoms with van der Waals surface area (Å²) in [5, 5.41) is 0. The van der Waals surface area contributed by atoms with Crippen LogP contribution in [0.3, 0.4) is 0 Å². The molecule has 5 aliphatic rings. The van der Waals surface area contributed by atoms with E-state index in [2.05, 4.69) is 59.8 Å². The Balaban J connectivity index is 1.62. The van der Waals surface area contributed by atoms with Crippen LogP contribution in [0.25, 0.3) is 0 Å². The first-order chi connectivity index (χ1) is 17.7. The summed E-state index contributed by atoms with van der Waals surface area (Å²) in [6, 6.07) is 0. The highest BCUT2D eigenvalue weighted by Crippen LogP contribution is 2.75. The topological polar surface area (TPSA) is 69.7 Å². The van der Waals surface area contributed by atoms with Gasteiger partial charge in [0, 0.05) is 17.8 Å². The first kappa shape index (κ1) is 27.4. The number of methoxy groups -OCH3 is 1. The van der Waals surface area contributed by atoms with Crippen LogP contribution < -0.4 is 0 Å². The van der Waals surface area contributed by atoms with Crippen molar-refractivity contribution < 1.29 is 23.9 Å². The molecule has 0 spiro atoms. The summed E-state index contributed by atoms with van der Waals surface area (Å²) in [5.41, 5.74) is 2.00. The summed E-state index contributed by atoms with van der Waals surface area (Å²) >= 11 is 0. The lowest BCUT2D eigenvalue weighted by atomic mass is 9.36. The Kier molecular flexibility index (Phi) is 6.25. The van der Waals surface area contributed by atoms with E-state index < -0.39 is 16.2 Å². The summed E-state index contributed by atoms with van der Waals surface area (Å²) < 4.78 is 11.0. The first-order valence-corrected chi connectivity index (χ1v) is 14.6. The maximum Gasteiger partial charge on any atom is 0.312 e. The molecule has 0 N–H and O–H groups in total. The number of allylic oxidation sites excluding steroid dienone is 4. The Bertz CT molecular complexity index is 1160. The highest BCUT2D eigenvalue weighted by Gasteiger charge is 2.69. The van der Waals surface area contributed by atoms with Gasteiger partial charge in [0.05, 0.1) is 12.5 Å². The van der Waals surface area contributed by atoms with Gasteiger partial charge in [-0.2, -0.15) is 0 Å². The third kappa shape index (κ3) is 3.26. The van der Waals surface area contributed by atoms with Gasteiger partial charge in [0.1, 0.15) is 12.9 Å². The van der Waals surface area contributed by atoms with Crippen LogP contribution in [0.15, 0.2) is 34.9 Å². The Morgan fingerprint density at radius 1 is 1.08 bits per heavy atom. The van der Waals surface area contributed by atoms with Crippen molar-refractivity contribution in [2.24, 2.45) is 50.7 Å². The van der Waals surface area contributed by atoms with Crippen molar-refractivity contribution in [3.05, 3.63) is 34.9 Å². The monoisotopic (exact) mass is 522 g/mol. The summed E-state index contributed by atoms with van der Waals surface area (Å²) in [6.07, 6.45) is 13.5. The van der Waals surface area contributed by atoms with Gasteiger partial charge in [-0.25, -0.2) is 0 Å². The molecule has 0 bridgehead atoms. The molecule has 0 unspecified atom stereocenters. The molecular weight excluding hydrogens is 476 g/mol. The number of carbonyl (C=O) groups excluding carboxylic acids is 3. The predicted octanol–water partition coefficient (Wildman–Crippen LogP) is 6.63. The zero-order chi connectivity index (χ0) is 27.9. The molecule has 2 fully saturated rings. The van der Waals surface area contributed by atoms with E-state index in [-0.39, 0.29) is 41.2 Å². The number of carbonyl (C=O) groups is 3. The normalized spacial score (nSPS) is 47.2. The maximum absolute atomic E-state index is 13.4. The maximum atomic E-state index is 13.4. The van der Waals surface area contributed by atoms with E-state index in [1.807, 2.05) is 0 Å². The molecule has 38 heavy (non-hydrogen) atoms. The number of fused-ring (bicyclic) bond motifs is 7. The fraction of sp³-hybridized carbons (Fsp3) is 0.727. The molecule has 5 nitrogen and oxygen atoms in total. The van der Waals surface area contributed by atoms with Gasteiger partial charge >= 0.3 is 11.9 Å². The minimum absolute atomic E-state index is 0.0301. The van der Waals surface area contributed by atoms with Crippen LogP contribution in [0.1, 0.15) is 87.0 Å². The van der Waals surface area contributed by atoms with Crippen molar-refractivity contribution >= 4 is 18.2 Å². The van der Waals surface area contributed by atoms with Gasteiger partial charge in [0.2, 0.25) is 0 Å². The summed E-state index contributed by atoms with van der Waals surface area (Å²) in [4.78, 5) is 37.7. The van der Waals surface area contributed by atoms with E-state index in [1.54, 1.807) is 7.11 Å². The molecule has 208 valence electrons. The van der Waals surface area contributed by atoms with Crippen LogP contribution in [-0.2, 0) is 23.9 Å². The van der Waals surface area contributed by atoms with Gasteiger partial charge in [-0.1, -0.05) is 64.0 Å². The molecule has 0 heterocycles. The second kappa shape index (κ2) is 8.66. The third-order valence-electron chi connectivity index (χ3n) is 12.7. The van der Waals surface area contributed by atoms with E-state index >= 15 is 0 Å². The molecule has 0 saturated heterocycles. The second-order valence-electron chi connectivity index (χ2n) is 14.1. The van der Waals surface area contributed by atoms with Gasteiger partial charge in [0.25, 0.3) is 0 Å². The molecule has 5 aliphatic carbocycles. The number of ether oxygens (including phenoxy) is 2. The Labute approximate surface area is 228 Å². The molecule has 0 amide bonds. The summed E-state index contributed by atoms with van der Waals surface area (Å²) in [5.74, 6) is 1.06. The quantitative estimate of drug-likeness (QED) is 0.236. The van der Waals surface area contributed by atoms with Crippen LogP contribution in [0.2, 0.25) is 0 Å². The molecule has 5 rings (SSSR count). The number of hydrogen-bond acceptors (Lipinski definition) is 5. The highest BCUT2D eigenvalue weighted by molar-refractivity contribution is 5.81. The Hall–Kier alpha value is -2.17. The van der Waals surface area contributed by atoms with E-state index in [0.717, 1.165) is 50.4 Å². The lowest BCUT2D eigenvalue weighted by Gasteiger charge is -2.67. The van der Waals surface area contributed by atoms with Gasteiger partial charge in [-0.15, -0.1) is 0 Å². The number of rotatable bonds is 4. The fourth-order valence-corrected chi connectivity index (χ4v) is 10.2. The molecule has 0 aromatic heterocycles. The molecule has 0 aromatic carbocycles. The molecule has 2 saturated carbocycles. The van der Waals surface area contributed by atoms with Gasteiger partial charge in [-0.05, 0) is 85.5 Å². The lowest BCUT2D eigenvalue weighted by molar-refractivity contribution is -0.171. The molecule has 0 radical (unpaired) electrons. The average Bonchev–Trinajstić information content (AvgIpc) is 3.11. The fourth-order valence-electron chi connectivity index (χ4n) is 10.2. The van der Waals surface area contributed by atoms with Crippen molar-refractivity contribution in [2.75, 3.05) is 13.7 Å². The summed E-state index contributed by atoms with van der Waals surface area (Å²) in [7, 11) is 1.55. The smallest absolute Gasteiger partial charge is 0.312 e. The van der Waals surface area contributed by atoms with Crippen LogP contribution in [-0.4, -0.2) is 31.9 Å². The van der Waals surface area contributed by atoms with Crippen LogP contribution >= 0.6 is 0 Å². The zero-order valence-corrected chi connectivity index (χ0v) is 24.6. The van der Waals surface area contributed by atoms with Crippen molar-refractivity contribution in [1.82, 2.24) is 0 Å². The van der Waals surface area contributed by atoms with Crippen molar-refractivity contribution in [3.8, 4) is 0 Å². The van der Waals surface area contributed by atoms with Crippen LogP contribution in [0.5, 0.6) is 0 Å². The standard InChI is InChI=1S/C33H46O5/c1-20-11-14-33(28(36)37-8)16-15-30(5)24(27(33)21(20)2)9-10-26-31(30,6)13-12-25-29(4,19-38-22(3)35)17-23(18-34)32(25,26)7/h9,12,17-18,20-21,26-27H,10-11,13-16,19H2,1-8H3/t20-,21+,26+,27-,29+,30-,31-,32+,33+/m1/s1. The van der Waals surface area contributed by atoms with Crippen molar-refractivity contribution in [1.29, 1.82) is 0 Å². The van der Waals surface area contributed by atoms with E-state index in [4.69, 9.17) is 9.47 Å². The predicted molar refractivity (Wildman–Crippen MR) is 147 cm³/mol. The van der Waals surface area contributed by atoms with Crippen molar-refractivity contribution in [3.63, 3.8) is 0 Å². The van der Waals surface area contributed by atoms with E-state index in [9.17, 15) is 14.4 Å². The molecule has 0 aromatic rings. The van der Waals surface area contributed by atoms with Gasteiger partial charge < -0.3 is 9.47 Å². The van der Waals surface area contributed by atoms with E-state index in [1.165, 1.54) is 18.1 Å². The number of aldehydes is 1. The molecular formula is C33H46O5. The SMILES string of the molecule is COC(=O)[C@]12CC[C@@H](C)[C@H](C)[C@@H]1C1=CC[C@@H]3[C@@]4(C)C(C=O)=C[C@@](C)(COC(C)=O)C4=CC[C@@]3(C)[C@]1(C)CC2. The largest absolute Gasteiger partial charge is 0.469 e. The number of esters is 2. The van der Waals surface area contributed by atoms with Crippen LogP contribution in [0, 0.1) is 50.7 Å².